The van der Waals surface area contributed by atoms with E-state index in [0.29, 0.717) is 0 Å². The van der Waals surface area contributed by atoms with E-state index in [0.717, 1.165) is 18.3 Å². The molecule has 0 N–H and O–H groups in total. The van der Waals surface area contributed by atoms with Gasteiger partial charge < -0.3 is 0 Å². The lowest BCUT2D eigenvalue weighted by atomic mass is 9.80. The Morgan fingerprint density at radius 2 is 2.00 bits per heavy atom. The molecule has 1 saturated carbocycles. The fraction of sp³-hybridized carbons (Fsp3) is 1.00. The van der Waals surface area contributed by atoms with Crippen LogP contribution in [0.2, 0.25) is 0 Å². The van der Waals surface area contributed by atoms with Gasteiger partial charge in [0.05, 0.1) is 0 Å². The van der Waals surface area contributed by atoms with Crippen molar-refractivity contribution in [1.29, 1.82) is 0 Å². The molecule has 0 aliphatic heterocycles. The van der Waals surface area contributed by atoms with Gasteiger partial charge in [-0.25, -0.2) is 0 Å². The van der Waals surface area contributed by atoms with Crippen LogP contribution < -0.4 is 0 Å². The van der Waals surface area contributed by atoms with Crippen molar-refractivity contribution in [2.45, 2.75) is 62.9 Å². The third-order valence-corrected chi connectivity index (χ3v) is 6.07. The summed E-state index contributed by atoms with van der Waals surface area (Å²) >= 11 is 9.84. The van der Waals surface area contributed by atoms with Crippen molar-refractivity contribution in [3.05, 3.63) is 0 Å². The Morgan fingerprint density at radius 1 is 1.43 bits per heavy atom. The van der Waals surface area contributed by atoms with E-state index < -0.39 is 0 Å². The third-order valence-electron chi connectivity index (χ3n) is 4.14. The van der Waals surface area contributed by atoms with Crippen molar-refractivity contribution in [2.75, 3.05) is 0 Å². The van der Waals surface area contributed by atoms with Gasteiger partial charge in [-0.1, -0.05) is 27.2 Å². The summed E-state index contributed by atoms with van der Waals surface area (Å²) in [6, 6.07) is 0. The first-order chi connectivity index (χ1) is 6.37. The van der Waals surface area contributed by atoms with E-state index in [2.05, 4.69) is 27.7 Å². The molecule has 1 aliphatic rings. The van der Waals surface area contributed by atoms with Gasteiger partial charge in [0.1, 0.15) is 0 Å². The summed E-state index contributed by atoms with van der Waals surface area (Å²) in [6.07, 6.45) is 4.89. The van der Waals surface area contributed by atoms with Gasteiger partial charge >= 0.3 is 0 Å². The molecular formula is C12H24S2. The molecule has 0 aromatic rings. The predicted octanol–water partition coefficient (Wildman–Crippen LogP) is 4.21. The first-order valence-corrected chi connectivity index (χ1v) is 6.71. The second-order valence-electron chi connectivity index (χ2n) is 5.20. The maximum absolute atomic E-state index is 5.00. The lowest BCUT2D eigenvalue weighted by Gasteiger charge is -2.43. The van der Waals surface area contributed by atoms with Gasteiger partial charge in [0.25, 0.3) is 0 Å². The Balaban J connectivity index is 2.91. The van der Waals surface area contributed by atoms with Crippen LogP contribution in [-0.4, -0.2) is 9.49 Å². The zero-order valence-electron chi connectivity index (χ0n) is 9.88. The summed E-state index contributed by atoms with van der Waals surface area (Å²) in [5, 5.41) is 0. The number of rotatable bonds is 3. The summed E-state index contributed by atoms with van der Waals surface area (Å²) < 4.78 is 0.209. The van der Waals surface area contributed by atoms with Crippen molar-refractivity contribution in [3.63, 3.8) is 0 Å². The monoisotopic (exact) mass is 232 g/mol. The van der Waals surface area contributed by atoms with Gasteiger partial charge in [0.15, 0.2) is 0 Å². The molecule has 0 aromatic heterocycles. The van der Waals surface area contributed by atoms with Gasteiger partial charge in [-0.2, -0.15) is 25.3 Å². The van der Waals surface area contributed by atoms with Crippen LogP contribution in [-0.2, 0) is 0 Å². The lowest BCUT2D eigenvalue weighted by Crippen LogP contribution is -2.46. The molecule has 0 radical (unpaired) electrons. The molecule has 0 aromatic carbocycles. The Labute approximate surface area is 100 Å². The fourth-order valence-corrected chi connectivity index (χ4v) is 3.96. The minimum Gasteiger partial charge on any atom is -0.171 e. The van der Waals surface area contributed by atoms with E-state index in [1.54, 1.807) is 0 Å². The predicted molar refractivity (Wildman–Crippen MR) is 71.6 cm³/mol. The molecule has 1 rings (SSSR count). The standard InChI is InChI=1S/C12H24S2/c1-5-10-7-9(3)8-12(10,14)11(4,13)6-2/h9-10,13-14H,5-8H2,1-4H3. The third kappa shape index (κ3) is 1.97. The summed E-state index contributed by atoms with van der Waals surface area (Å²) in [4.78, 5) is 0. The van der Waals surface area contributed by atoms with E-state index in [4.69, 9.17) is 25.3 Å². The number of hydrogen-bond acceptors (Lipinski definition) is 2. The Kier molecular flexibility index (Phi) is 3.91. The van der Waals surface area contributed by atoms with Crippen LogP contribution in [0.1, 0.15) is 53.4 Å². The average molecular weight is 232 g/mol. The highest BCUT2D eigenvalue weighted by Gasteiger charge is 2.51. The van der Waals surface area contributed by atoms with Gasteiger partial charge in [-0.3, -0.25) is 0 Å². The van der Waals surface area contributed by atoms with Crippen molar-refractivity contribution < 1.29 is 0 Å². The Bertz CT molecular complexity index is 200. The van der Waals surface area contributed by atoms with Crippen molar-refractivity contribution in [3.8, 4) is 0 Å². The largest absolute Gasteiger partial charge is 0.171 e. The molecule has 84 valence electrons. The van der Waals surface area contributed by atoms with Crippen LogP contribution in [0, 0.1) is 11.8 Å². The quantitative estimate of drug-likeness (QED) is 0.669. The molecule has 1 fully saturated rings. The minimum absolute atomic E-state index is 0.0710. The number of hydrogen-bond donors (Lipinski definition) is 2. The van der Waals surface area contributed by atoms with E-state index in [9.17, 15) is 0 Å². The first kappa shape index (κ1) is 12.8. The Morgan fingerprint density at radius 3 is 2.43 bits per heavy atom. The van der Waals surface area contributed by atoms with E-state index in [1.807, 2.05) is 0 Å². The SMILES string of the molecule is CCC1CC(C)CC1(S)C(C)(S)CC. The smallest absolute Gasteiger partial charge is 0.0301 e. The second-order valence-corrected chi connectivity index (χ2v) is 6.99. The zero-order chi connectivity index (χ0) is 11.0. The molecule has 0 amide bonds. The molecule has 0 saturated heterocycles. The first-order valence-electron chi connectivity index (χ1n) is 5.82. The second kappa shape index (κ2) is 4.29. The van der Waals surface area contributed by atoms with Crippen LogP contribution in [0.5, 0.6) is 0 Å². The Hall–Kier alpha value is 0.700. The molecule has 0 bridgehead atoms. The van der Waals surface area contributed by atoms with Crippen molar-refractivity contribution >= 4 is 25.3 Å². The summed E-state index contributed by atoms with van der Waals surface area (Å²) in [5.74, 6) is 1.55. The van der Waals surface area contributed by atoms with Gasteiger partial charge in [-0.05, 0) is 38.0 Å². The lowest BCUT2D eigenvalue weighted by molar-refractivity contribution is 0.341. The molecule has 0 spiro atoms. The van der Waals surface area contributed by atoms with E-state index >= 15 is 0 Å². The minimum atomic E-state index is 0.0710. The van der Waals surface area contributed by atoms with E-state index in [-0.39, 0.29) is 9.49 Å². The van der Waals surface area contributed by atoms with Gasteiger partial charge in [0.2, 0.25) is 0 Å². The highest BCUT2D eigenvalue weighted by Crippen LogP contribution is 2.54. The van der Waals surface area contributed by atoms with Crippen molar-refractivity contribution in [2.24, 2.45) is 11.8 Å². The normalized spacial score (nSPS) is 42.4. The molecule has 0 heterocycles. The fourth-order valence-electron chi connectivity index (χ4n) is 2.93. The topological polar surface area (TPSA) is 0 Å². The number of thiol groups is 2. The zero-order valence-corrected chi connectivity index (χ0v) is 11.7. The van der Waals surface area contributed by atoms with Crippen LogP contribution in [0.3, 0.4) is 0 Å². The molecule has 0 nitrogen and oxygen atoms in total. The van der Waals surface area contributed by atoms with Gasteiger partial charge in [-0.15, -0.1) is 0 Å². The maximum Gasteiger partial charge on any atom is 0.0301 e. The molecule has 4 atom stereocenters. The highest BCUT2D eigenvalue weighted by atomic mass is 32.1. The summed E-state index contributed by atoms with van der Waals surface area (Å²) in [7, 11) is 0. The molecular weight excluding hydrogens is 208 g/mol. The van der Waals surface area contributed by atoms with Crippen LogP contribution >= 0.6 is 25.3 Å². The maximum atomic E-state index is 5.00. The van der Waals surface area contributed by atoms with Crippen LogP contribution in [0.4, 0.5) is 0 Å². The van der Waals surface area contributed by atoms with Gasteiger partial charge in [0, 0.05) is 9.49 Å². The van der Waals surface area contributed by atoms with Crippen LogP contribution in [0.15, 0.2) is 0 Å². The molecule has 2 heteroatoms. The molecule has 4 unspecified atom stereocenters. The summed E-state index contributed by atoms with van der Waals surface area (Å²) in [5.41, 5.74) is 0. The molecule has 1 aliphatic carbocycles. The van der Waals surface area contributed by atoms with Crippen LogP contribution in [0.25, 0.3) is 0 Å². The van der Waals surface area contributed by atoms with E-state index in [1.165, 1.54) is 19.3 Å². The highest BCUT2D eigenvalue weighted by molar-refractivity contribution is 7.86. The molecule has 14 heavy (non-hydrogen) atoms. The van der Waals surface area contributed by atoms with Crippen molar-refractivity contribution in [1.82, 2.24) is 0 Å². The summed E-state index contributed by atoms with van der Waals surface area (Å²) in [6.45, 7) is 9.11. The average Bonchev–Trinajstić information content (AvgIpc) is 2.42.